The van der Waals surface area contributed by atoms with E-state index in [1.54, 1.807) is 17.8 Å². The fourth-order valence-electron chi connectivity index (χ4n) is 0.832. The number of hydrogen-bond acceptors (Lipinski definition) is 4. The molecule has 0 aliphatic rings. The van der Waals surface area contributed by atoms with Gasteiger partial charge in [-0.05, 0) is 24.3 Å². The molecule has 0 aromatic carbocycles. The minimum absolute atomic E-state index is 0.00941. The minimum atomic E-state index is -1.04. The molecule has 0 atom stereocenters. The van der Waals surface area contributed by atoms with E-state index in [-0.39, 0.29) is 5.69 Å². The van der Waals surface area contributed by atoms with Crippen molar-refractivity contribution >= 4 is 17.7 Å². The highest BCUT2D eigenvalue weighted by Crippen LogP contribution is 2.15. The first kappa shape index (κ1) is 11.0. The Kier molecular flexibility index (Phi) is 4.39. The summed E-state index contributed by atoms with van der Waals surface area (Å²) in [6, 6.07) is 3.17. The zero-order valence-electron chi connectivity index (χ0n) is 7.93. The highest BCUT2D eigenvalue weighted by atomic mass is 32.2. The van der Waals surface area contributed by atoms with Gasteiger partial charge < -0.3 is 5.11 Å². The molecule has 0 bridgehead atoms. The summed E-state index contributed by atoms with van der Waals surface area (Å²) in [5, 5.41) is 16.8. The van der Waals surface area contributed by atoms with Gasteiger partial charge in [-0.2, -0.15) is 0 Å². The van der Waals surface area contributed by atoms with Crippen LogP contribution in [0.25, 0.3) is 0 Å². The lowest BCUT2D eigenvalue weighted by Crippen LogP contribution is -2.01. The van der Waals surface area contributed by atoms with Gasteiger partial charge in [-0.15, -0.1) is 22.0 Å². The highest BCUT2D eigenvalue weighted by Gasteiger charge is 2.04. The molecule has 5 heteroatoms. The maximum atomic E-state index is 10.5. The smallest absolute Gasteiger partial charge is 0.356 e. The van der Waals surface area contributed by atoms with E-state index in [9.17, 15) is 4.79 Å². The topological polar surface area (TPSA) is 63.1 Å². The lowest BCUT2D eigenvalue weighted by Gasteiger charge is -1.98. The molecule has 0 unspecified atom stereocenters. The standard InChI is InChI=1S/C9H12N2O2S/c1-2-3-6-14-8-5-4-7(9(12)13)10-11-8/h4-5H,2-3,6H2,1H3,(H,12,13). The molecule has 0 saturated heterocycles. The third kappa shape index (κ3) is 3.33. The van der Waals surface area contributed by atoms with Crippen molar-refractivity contribution in [3.8, 4) is 0 Å². The number of rotatable bonds is 5. The first-order valence-corrected chi connectivity index (χ1v) is 5.42. The monoisotopic (exact) mass is 212 g/mol. The molecule has 0 amide bonds. The molecule has 1 heterocycles. The molecular formula is C9H12N2O2S. The molecule has 4 nitrogen and oxygen atoms in total. The second kappa shape index (κ2) is 5.59. The average Bonchev–Trinajstić information content (AvgIpc) is 2.19. The lowest BCUT2D eigenvalue weighted by molar-refractivity contribution is 0.0689. The first-order valence-electron chi connectivity index (χ1n) is 4.44. The van der Waals surface area contributed by atoms with Gasteiger partial charge in [0.2, 0.25) is 0 Å². The third-order valence-electron chi connectivity index (χ3n) is 1.61. The van der Waals surface area contributed by atoms with Gasteiger partial charge in [0.25, 0.3) is 0 Å². The molecule has 0 radical (unpaired) electrons. The van der Waals surface area contributed by atoms with Crippen LogP contribution in [0.2, 0.25) is 0 Å². The van der Waals surface area contributed by atoms with Gasteiger partial charge in [-0.1, -0.05) is 13.3 Å². The Morgan fingerprint density at radius 3 is 2.79 bits per heavy atom. The van der Waals surface area contributed by atoms with Crippen molar-refractivity contribution in [2.75, 3.05) is 5.75 Å². The zero-order chi connectivity index (χ0) is 10.4. The summed E-state index contributed by atoms with van der Waals surface area (Å²) >= 11 is 1.60. The Morgan fingerprint density at radius 2 is 2.29 bits per heavy atom. The Balaban J connectivity index is 2.51. The predicted octanol–water partition coefficient (Wildman–Crippen LogP) is 2.07. The molecule has 76 valence electrons. The molecule has 14 heavy (non-hydrogen) atoms. The van der Waals surface area contributed by atoms with Crippen LogP contribution in [0.4, 0.5) is 0 Å². The van der Waals surface area contributed by atoms with Crippen LogP contribution < -0.4 is 0 Å². The second-order valence-electron chi connectivity index (χ2n) is 2.76. The van der Waals surface area contributed by atoms with Crippen molar-refractivity contribution in [3.63, 3.8) is 0 Å². The van der Waals surface area contributed by atoms with Gasteiger partial charge in [0, 0.05) is 0 Å². The molecule has 0 saturated carbocycles. The Labute approximate surface area is 86.7 Å². The fraction of sp³-hybridized carbons (Fsp3) is 0.444. The molecular weight excluding hydrogens is 200 g/mol. The Morgan fingerprint density at radius 1 is 1.50 bits per heavy atom. The average molecular weight is 212 g/mol. The van der Waals surface area contributed by atoms with E-state index in [1.165, 1.54) is 6.07 Å². The summed E-state index contributed by atoms with van der Waals surface area (Å²) in [5.41, 5.74) is -0.00941. The first-order chi connectivity index (χ1) is 6.74. The van der Waals surface area contributed by atoms with Crippen LogP contribution in [0, 0.1) is 0 Å². The van der Waals surface area contributed by atoms with E-state index >= 15 is 0 Å². The molecule has 1 aromatic heterocycles. The summed E-state index contributed by atoms with van der Waals surface area (Å²) in [5.74, 6) is -0.0416. The maximum Gasteiger partial charge on any atom is 0.356 e. The lowest BCUT2D eigenvalue weighted by atomic mass is 10.4. The summed E-state index contributed by atoms with van der Waals surface area (Å²) in [6.45, 7) is 2.12. The summed E-state index contributed by atoms with van der Waals surface area (Å²) < 4.78 is 0. The van der Waals surface area contributed by atoms with Gasteiger partial charge in [-0.3, -0.25) is 0 Å². The summed E-state index contributed by atoms with van der Waals surface area (Å²) in [6.07, 6.45) is 2.28. The number of aromatic nitrogens is 2. The van der Waals surface area contributed by atoms with Gasteiger partial charge >= 0.3 is 5.97 Å². The second-order valence-corrected chi connectivity index (χ2v) is 3.88. The molecule has 1 aromatic rings. The molecule has 1 N–H and O–H groups in total. The molecule has 0 spiro atoms. The normalized spacial score (nSPS) is 10.1. The molecule has 0 aliphatic carbocycles. The summed E-state index contributed by atoms with van der Waals surface area (Å²) in [4.78, 5) is 10.5. The van der Waals surface area contributed by atoms with E-state index in [0.717, 1.165) is 23.6 Å². The van der Waals surface area contributed by atoms with Gasteiger partial charge in [0.05, 0.1) is 0 Å². The van der Waals surface area contributed by atoms with Gasteiger partial charge in [-0.25, -0.2) is 4.79 Å². The summed E-state index contributed by atoms with van der Waals surface area (Å²) in [7, 11) is 0. The fourth-order valence-corrected chi connectivity index (χ4v) is 1.74. The van der Waals surface area contributed by atoms with Crippen LogP contribution in [-0.4, -0.2) is 27.0 Å². The van der Waals surface area contributed by atoms with Crippen LogP contribution in [0.5, 0.6) is 0 Å². The van der Waals surface area contributed by atoms with Crippen molar-refractivity contribution in [3.05, 3.63) is 17.8 Å². The van der Waals surface area contributed by atoms with Crippen molar-refractivity contribution in [2.45, 2.75) is 24.8 Å². The molecule has 0 aliphatic heterocycles. The van der Waals surface area contributed by atoms with Crippen molar-refractivity contribution in [1.82, 2.24) is 10.2 Å². The van der Waals surface area contributed by atoms with Gasteiger partial charge in [0.15, 0.2) is 5.69 Å². The molecule has 0 fully saturated rings. The Bertz CT molecular complexity index is 300. The van der Waals surface area contributed by atoms with Crippen LogP contribution in [0.1, 0.15) is 30.3 Å². The number of carboxylic acid groups (broad SMARTS) is 1. The number of hydrogen-bond donors (Lipinski definition) is 1. The number of thioether (sulfide) groups is 1. The van der Waals surface area contributed by atoms with Crippen molar-refractivity contribution in [2.24, 2.45) is 0 Å². The maximum absolute atomic E-state index is 10.5. The van der Waals surface area contributed by atoms with E-state index in [0.29, 0.717) is 0 Å². The van der Waals surface area contributed by atoms with Crippen LogP contribution >= 0.6 is 11.8 Å². The van der Waals surface area contributed by atoms with E-state index in [2.05, 4.69) is 17.1 Å². The van der Waals surface area contributed by atoms with Crippen LogP contribution in [0.15, 0.2) is 17.2 Å². The number of aromatic carboxylic acids is 1. The quantitative estimate of drug-likeness (QED) is 0.598. The number of carboxylic acids is 1. The highest BCUT2D eigenvalue weighted by molar-refractivity contribution is 7.99. The van der Waals surface area contributed by atoms with E-state index in [4.69, 9.17) is 5.11 Å². The van der Waals surface area contributed by atoms with Crippen molar-refractivity contribution < 1.29 is 9.90 Å². The SMILES string of the molecule is CCCCSc1ccc(C(=O)O)nn1. The van der Waals surface area contributed by atoms with Crippen LogP contribution in [-0.2, 0) is 0 Å². The van der Waals surface area contributed by atoms with E-state index < -0.39 is 5.97 Å². The Hall–Kier alpha value is -1.10. The largest absolute Gasteiger partial charge is 0.476 e. The van der Waals surface area contributed by atoms with E-state index in [1.807, 2.05) is 0 Å². The van der Waals surface area contributed by atoms with Gasteiger partial charge in [0.1, 0.15) is 5.03 Å². The third-order valence-corrected chi connectivity index (χ3v) is 2.61. The molecule has 1 rings (SSSR count). The minimum Gasteiger partial charge on any atom is -0.476 e. The number of unbranched alkanes of at least 4 members (excludes halogenated alkanes) is 1. The predicted molar refractivity (Wildman–Crippen MR) is 54.6 cm³/mol. The number of nitrogens with zero attached hydrogens (tertiary/aromatic N) is 2. The zero-order valence-corrected chi connectivity index (χ0v) is 8.75. The van der Waals surface area contributed by atoms with Crippen LogP contribution in [0.3, 0.4) is 0 Å². The number of carbonyl (C=O) groups is 1. The van der Waals surface area contributed by atoms with Crippen molar-refractivity contribution in [1.29, 1.82) is 0 Å².